The topological polar surface area (TPSA) is 57.1 Å². The molecule has 138 valence electrons. The van der Waals surface area contributed by atoms with Crippen molar-refractivity contribution < 1.29 is 9.47 Å². The minimum atomic E-state index is 0.457. The number of ether oxygens (including phenoxy) is 2. The normalized spacial score (nSPS) is 25.3. The third-order valence-corrected chi connectivity index (χ3v) is 6.01. The SMILES string of the molecule is COc1ccc(C2C(COc3nc(C)ncc3C3CCCC3)[C@H]2C)nc1. The maximum Gasteiger partial charge on any atom is 0.220 e. The van der Waals surface area contributed by atoms with E-state index in [9.17, 15) is 0 Å². The third kappa shape index (κ3) is 3.39. The molecule has 0 saturated heterocycles. The van der Waals surface area contributed by atoms with Crippen LogP contribution in [0.5, 0.6) is 11.6 Å². The van der Waals surface area contributed by atoms with Crippen LogP contribution in [0.15, 0.2) is 24.5 Å². The molecule has 2 unspecified atom stereocenters. The fourth-order valence-corrected chi connectivity index (χ4v) is 4.27. The lowest BCUT2D eigenvalue weighted by atomic mass is 10.0. The summed E-state index contributed by atoms with van der Waals surface area (Å²) in [5, 5.41) is 0. The second kappa shape index (κ2) is 7.22. The first-order valence-corrected chi connectivity index (χ1v) is 9.63. The maximum absolute atomic E-state index is 6.22. The summed E-state index contributed by atoms with van der Waals surface area (Å²) in [7, 11) is 1.67. The van der Waals surface area contributed by atoms with Gasteiger partial charge in [0.25, 0.3) is 0 Å². The lowest BCUT2D eigenvalue weighted by Crippen LogP contribution is -2.09. The molecule has 0 aliphatic heterocycles. The molecule has 0 aromatic carbocycles. The number of aromatic nitrogens is 3. The van der Waals surface area contributed by atoms with E-state index in [1.165, 1.54) is 31.2 Å². The molecular weight excluding hydrogens is 326 g/mol. The van der Waals surface area contributed by atoms with Crippen LogP contribution in [0.4, 0.5) is 0 Å². The molecule has 26 heavy (non-hydrogen) atoms. The summed E-state index contributed by atoms with van der Waals surface area (Å²) in [6.07, 6.45) is 8.81. The first-order valence-electron chi connectivity index (χ1n) is 9.63. The quantitative estimate of drug-likeness (QED) is 0.776. The Morgan fingerprint density at radius 1 is 1.12 bits per heavy atom. The molecule has 0 spiro atoms. The Labute approximate surface area is 155 Å². The number of hydrogen-bond donors (Lipinski definition) is 0. The van der Waals surface area contributed by atoms with E-state index >= 15 is 0 Å². The maximum atomic E-state index is 6.22. The van der Waals surface area contributed by atoms with E-state index in [-0.39, 0.29) is 0 Å². The number of rotatable bonds is 6. The molecule has 2 fully saturated rings. The predicted molar refractivity (Wildman–Crippen MR) is 99.7 cm³/mol. The summed E-state index contributed by atoms with van der Waals surface area (Å²) in [4.78, 5) is 13.6. The number of nitrogens with zero attached hydrogens (tertiary/aromatic N) is 3. The monoisotopic (exact) mass is 353 g/mol. The lowest BCUT2D eigenvalue weighted by molar-refractivity contribution is 0.274. The Hall–Kier alpha value is -2.17. The highest BCUT2D eigenvalue weighted by Gasteiger charge is 2.49. The van der Waals surface area contributed by atoms with Crippen LogP contribution >= 0.6 is 0 Å². The summed E-state index contributed by atoms with van der Waals surface area (Å²) in [6, 6.07) is 4.05. The first kappa shape index (κ1) is 17.3. The largest absolute Gasteiger partial charge is 0.495 e. The molecule has 2 aromatic heterocycles. The molecule has 0 radical (unpaired) electrons. The first-order chi connectivity index (χ1) is 12.7. The van der Waals surface area contributed by atoms with Crippen molar-refractivity contribution in [2.45, 2.75) is 51.4 Å². The minimum Gasteiger partial charge on any atom is -0.495 e. The van der Waals surface area contributed by atoms with Crippen LogP contribution in [0.2, 0.25) is 0 Å². The van der Waals surface area contributed by atoms with Gasteiger partial charge in [-0.15, -0.1) is 0 Å². The molecule has 0 amide bonds. The van der Waals surface area contributed by atoms with Crippen LogP contribution in [0.25, 0.3) is 0 Å². The minimum absolute atomic E-state index is 0.457. The molecule has 5 nitrogen and oxygen atoms in total. The molecule has 0 bridgehead atoms. The van der Waals surface area contributed by atoms with Crippen molar-refractivity contribution in [2.75, 3.05) is 13.7 Å². The highest BCUT2D eigenvalue weighted by Crippen LogP contribution is 2.53. The summed E-state index contributed by atoms with van der Waals surface area (Å²) < 4.78 is 11.4. The van der Waals surface area contributed by atoms with Gasteiger partial charge in [0.2, 0.25) is 5.88 Å². The molecule has 5 heteroatoms. The van der Waals surface area contributed by atoms with Gasteiger partial charge in [0, 0.05) is 29.3 Å². The fourth-order valence-electron chi connectivity index (χ4n) is 4.27. The van der Waals surface area contributed by atoms with Crippen molar-refractivity contribution >= 4 is 0 Å². The van der Waals surface area contributed by atoms with Crippen molar-refractivity contribution in [3.8, 4) is 11.6 Å². The van der Waals surface area contributed by atoms with E-state index in [1.807, 2.05) is 19.2 Å². The van der Waals surface area contributed by atoms with E-state index in [4.69, 9.17) is 9.47 Å². The van der Waals surface area contributed by atoms with Gasteiger partial charge in [-0.1, -0.05) is 19.8 Å². The zero-order valence-corrected chi connectivity index (χ0v) is 15.8. The zero-order chi connectivity index (χ0) is 18.1. The van der Waals surface area contributed by atoms with Gasteiger partial charge in [-0.25, -0.2) is 4.98 Å². The fraction of sp³-hybridized carbons (Fsp3) is 0.571. The predicted octanol–water partition coefficient (Wildman–Crippen LogP) is 4.27. The molecular formula is C21H27N3O2. The average molecular weight is 353 g/mol. The molecule has 2 aliphatic rings. The van der Waals surface area contributed by atoms with Crippen molar-refractivity contribution in [3.63, 3.8) is 0 Å². The Kier molecular flexibility index (Phi) is 4.79. The molecule has 4 rings (SSSR count). The molecule has 2 aliphatic carbocycles. The number of methoxy groups -OCH3 is 1. The molecule has 0 N–H and O–H groups in total. The Morgan fingerprint density at radius 3 is 2.62 bits per heavy atom. The van der Waals surface area contributed by atoms with Crippen LogP contribution < -0.4 is 9.47 Å². The van der Waals surface area contributed by atoms with Gasteiger partial charge < -0.3 is 9.47 Å². The van der Waals surface area contributed by atoms with Crippen LogP contribution in [-0.2, 0) is 0 Å². The summed E-state index contributed by atoms with van der Waals surface area (Å²) in [5.74, 6) is 4.45. The standard InChI is InChI=1S/C21H27N3O2/c1-13-18(20(13)19-9-8-16(25-3)10-23-19)12-26-21-17(11-22-14(2)24-21)15-6-4-5-7-15/h8-11,13,15,18,20H,4-7,12H2,1-3H3/t13-,18?,20?/m1/s1. The van der Waals surface area contributed by atoms with E-state index in [0.29, 0.717) is 30.3 Å². The number of pyridine rings is 1. The second-order valence-electron chi connectivity index (χ2n) is 7.64. The summed E-state index contributed by atoms with van der Waals surface area (Å²) >= 11 is 0. The Bertz CT molecular complexity index is 756. The van der Waals surface area contributed by atoms with Crippen LogP contribution in [-0.4, -0.2) is 28.7 Å². The van der Waals surface area contributed by atoms with Crippen LogP contribution in [0.1, 0.15) is 61.5 Å². The van der Waals surface area contributed by atoms with Gasteiger partial charge in [-0.05, 0) is 43.7 Å². The molecule has 2 saturated carbocycles. The van der Waals surface area contributed by atoms with Crippen LogP contribution in [0.3, 0.4) is 0 Å². The molecule has 2 aromatic rings. The summed E-state index contributed by atoms with van der Waals surface area (Å²) in [5.41, 5.74) is 2.32. The second-order valence-corrected chi connectivity index (χ2v) is 7.64. The highest BCUT2D eigenvalue weighted by molar-refractivity contribution is 5.30. The number of aryl methyl sites for hydroxylation is 1. The third-order valence-electron chi connectivity index (χ3n) is 6.01. The number of hydrogen-bond acceptors (Lipinski definition) is 5. The van der Waals surface area contributed by atoms with Gasteiger partial charge in [0.15, 0.2) is 0 Å². The summed E-state index contributed by atoms with van der Waals surface area (Å²) in [6.45, 7) is 4.89. The van der Waals surface area contributed by atoms with E-state index < -0.39 is 0 Å². The average Bonchev–Trinajstić information content (AvgIpc) is 3.05. The van der Waals surface area contributed by atoms with Gasteiger partial charge in [0.1, 0.15) is 11.6 Å². The Morgan fingerprint density at radius 2 is 1.92 bits per heavy atom. The zero-order valence-electron chi connectivity index (χ0n) is 15.8. The van der Waals surface area contributed by atoms with Crippen LogP contribution in [0, 0.1) is 18.8 Å². The van der Waals surface area contributed by atoms with E-state index in [1.54, 1.807) is 13.3 Å². The Balaban J connectivity index is 1.43. The van der Waals surface area contributed by atoms with E-state index in [2.05, 4.69) is 27.9 Å². The van der Waals surface area contributed by atoms with Crippen molar-refractivity contribution in [1.82, 2.24) is 15.0 Å². The van der Waals surface area contributed by atoms with Crippen molar-refractivity contribution in [2.24, 2.45) is 11.8 Å². The van der Waals surface area contributed by atoms with Gasteiger partial charge in [-0.2, -0.15) is 4.98 Å². The van der Waals surface area contributed by atoms with Gasteiger partial charge >= 0.3 is 0 Å². The van der Waals surface area contributed by atoms with Crippen molar-refractivity contribution in [1.29, 1.82) is 0 Å². The van der Waals surface area contributed by atoms with Gasteiger partial charge in [-0.3, -0.25) is 4.98 Å². The van der Waals surface area contributed by atoms with Crippen molar-refractivity contribution in [3.05, 3.63) is 41.6 Å². The molecule has 2 heterocycles. The van der Waals surface area contributed by atoms with Gasteiger partial charge in [0.05, 0.1) is 19.9 Å². The highest BCUT2D eigenvalue weighted by atomic mass is 16.5. The molecule has 3 atom stereocenters. The lowest BCUT2D eigenvalue weighted by Gasteiger charge is -2.15. The van der Waals surface area contributed by atoms with E-state index in [0.717, 1.165) is 23.1 Å². The smallest absolute Gasteiger partial charge is 0.220 e.